The minimum Gasteiger partial charge on any atom is -0.341 e. The van der Waals surface area contributed by atoms with Crippen LogP contribution in [0.3, 0.4) is 0 Å². The van der Waals surface area contributed by atoms with Gasteiger partial charge < -0.3 is 5.32 Å². The summed E-state index contributed by atoms with van der Waals surface area (Å²) in [5.74, 6) is -0.306. The molecule has 74 valence electrons. The number of halogens is 1. The van der Waals surface area contributed by atoms with Crippen molar-refractivity contribution in [1.82, 2.24) is 5.32 Å². The molecule has 1 aliphatic heterocycles. The van der Waals surface area contributed by atoms with Crippen molar-refractivity contribution in [2.75, 3.05) is 18.5 Å². The summed E-state index contributed by atoms with van der Waals surface area (Å²) in [6, 6.07) is 4.37. The van der Waals surface area contributed by atoms with Gasteiger partial charge in [-0.2, -0.15) is 0 Å². The van der Waals surface area contributed by atoms with E-state index >= 15 is 0 Å². The highest BCUT2D eigenvalue weighted by Crippen LogP contribution is 2.28. The van der Waals surface area contributed by atoms with Gasteiger partial charge in [0.1, 0.15) is 5.82 Å². The predicted octanol–water partition coefficient (Wildman–Crippen LogP) is 1.53. The zero-order valence-electron chi connectivity index (χ0n) is 7.88. The van der Waals surface area contributed by atoms with E-state index in [9.17, 15) is 9.18 Å². The Morgan fingerprint density at radius 3 is 3.07 bits per heavy atom. The maximum Gasteiger partial charge on any atom is 0.321 e. The molecule has 0 fully saturated rings. The fraction of sp³-hybridized carbons (Fsp3) is 0.300. The van der Waals surface area contributed by atoms with Gasteiger partial charge in [-0.1, -0.05) is 6.07 Å². The first-order valence-electron chi connectivity index (χ1n) is 4.50. The minimum absolute atomic E-state index is 0.186. The third-order valence-corrected chi connectivity index (χ3v) is 2.40. The van der Waals surface area contributed by atoms with Crippen LogP contribution in [-0.4, -0.2) is 19.6 Å². The van der Waals surface area contributed by atoms with Gasteiger partial charge >= 0.3 is 6.03 Å². The molecule has 0 spiro atoms. The van der Waals surface area contributed by atoms with Crippen molar-refractivity contribution in [2.45, 2.75) is 6.42 Å². The summed E-state index contributed by atoms with van der Waals surface area (Å²) < 4.78 is 12.9. The molecule has 1 aliphatic rings. The number of carbonyl (C=O) groups is 1. The van der Waals surface area contributed by atoms with E-state index in [2.05, 4.69) is 5.32 Å². The Kier molecular flexibility index (Phi) is 2.11. The monoisotopic (exact) mass is 194 g/mol. The first kappa shape index (κ1) is 8.99. The van der Waals surface area contributed by atoms with Gasteiger partial charge in [-0.15, -0.1) is 0 Å². The zero-order chi connectivity index (χ0) is 10.1. The van der Waals surface area contributed by atoms with Crippen LogP contribution < -0.4 is 10.2 Å². The number of nitrogens with one attached hydrogen (secondary N) is 1. The molecule has 0 saturated carbocycles. The Labute approximate surface area is 81.5 Å². The van der Waals surface area contributed by atoms with Crippen molar-refractivity contribution < 1.29 is 9.18 Å². The van der Waals surface area contributed by atoms with E-state index in [1.807, 2.05) is 0 Å². The Balaban J connectivity index is 2.38. The van der Waals surface area contributed by atoms with Crippen molar-refractivity contribution in [3.05, 3.63) is 29.6 Å². The van der Waals surface area contributed by atoms with Gasteiger partial charge in [0.2, 0.25) is 0 Å². The molecule has 1 aromatic rings. The van der Waals surface area contributed by atoms with Gasteiger partial charge in [0.25, 0.3) is 0 Å². The summed E-state index contributed by atoms with van der Waals surface area (Å²) in [4.78, 5) is 12.9. The molecule has 2 amide bonds. The molecule has 1 N–H and O–H groups in total. The van der Waals surface area contributed by atoms with Crippen LogP contribution in [0.5, 0.6) is 0 Å². The van der Waals surface area contributed by atoms with E-state index in [-0.39, 0.29) is 11.8 Å². The van der Waals surface area contributed by atoms with E-state index in [1.165, 1.54) is 12.1 Å². The Hall–Kier alpha value is -1.58. The highest BCUT2D eigenvalue weighted by Gasteiger charge is 2.23. The topological polar surface area (TPSA) is 32.3 Å². The molecule has 1 heterocycles. The van der Waals surface area contributed by atoms with Crippen molar-refractivity contribution in [3.63, 3.8) is 0 Å². The van der Waals surface area contributed by atoms with E-state index in [4.69, 9.17) is 0 Å². The number of anilines is 1. The summed E-state index contributed by atoms with van der Waals surface area (Å²) in [7, 11) is 1.57. The zero-order valence-corrected chi connectivity index (χ0v) is 7.88. The van der Waals surface area contributed by atoms with Gasteiger partial charge in [0.05, 0.1) is 5.69 Å². The number of fused-ring (bicyclic) bond motifs is 1. The van der Waals surface area contributed by atoms with Crippen LogP contribution in [0.15, 0.2) is 18.2 Å². The van der Waals surface area contributed by atoms with Crippen LogP contribution in [0.1, 0.15) is 5.56 Å². The van der Waals surface area contributed by atoms with Crippen LogP contribution in [0.4, 0.5) is 14.9 Å². The Bertz CT molecular complexity index is 378. The molecular formula is C10H11FN2O. The summed E-state index contributed by atoms with van der Waals surface area (Å²) in [5, 5.41) is 2.53. The van der Waals surface area contributed by atoms with Crippen LogP contribution in [-0.2, 0) is 6.42 Å². The number of benzene rings is 1. The predicted molar refractivity (Wildman–Crippen MR) is 51.9 cm³/mol. The highest BCUT2D eigenvalue weighted by atomic mass is 19.1. The molecule has 4 heteroatoms. The van der Waals surface area contributed by atoms with Crippen molar-refractivity contribution >= 4 is 11.7 Å². The third-order valence-electron chi connectivity index (χ3n) is 2.40. The fourth-order valence-electron chi connectivity index (χ4n) is 1.70. The van der Waals surface area contributed by atoms with Crippen LogP contribution in [0.2, 0.25) is 0 Å². The smallest absolute Gasteiger partial charge is 0.321 e. The average Bonchev–Trinajstić information content (AvgIpc) is 2.59. The molecule has 3 nitrogen and oxygen atoms in total. The Morgan fingerprint density at radius 2 is 2.36 bits per heavy atom. The molecular weight excluding hydrogens is 183 g/mol. The number of hydrogen-bond acceptors (Lipinski definition) is 1. The second kappa shape index (κ2) is 3.29. The molecule has 2 rings (SSSR count). The first-order chi connectivity index (χ1) is 6.72. The number of carbonyl (C=O) groups excluding carboxylic acids is 1. The first-order valence-corrected chi connectivity index (χ1v) is 4.50. The molecule has 0 radical (unpaired) electrons. The molecule has 0 aliphatic carbocycles. The minimum atomic E-state index is -0.306. The molecule has 1 aromatic carbocycles. The number of nitrogens with zero attached hydrogens (tertiary/aromatic N) is 1. The maximum absolute atomic E-state index is 12.9. The molecule has 0 atom stereocenters. The standard InChI is InChI=1S/C10H11FN2O/c1-12-10(14)13-5-4-7-2-3-8(11)6-9(7)13/h2-3,6H,4-5H2,1H3,(H,12,14). The number of rotatable bonds is 0. The fourth-order valence-corrected chi connectivity index (χ4v) is 1.70. The van der Waals surface area contributed by atoms with Gasteiger partial charge in [-0.25, -0.2) is 9.18 Å². The van der Waals surface area contributed by atoms with E-state index in [0.717, 1.165) is 12.0 Å². The lowest BCUT2D eigenvalue weighted by molar-refractivity contribution is 0.248. The highest BCUT2D eigenvalue weighted by molar-refractivity contribution is 5.93. The van der Waals surface area contributed by atoms with Crippen LogP contribution >= 0.6 is 0 Å². The molecule has 0 unspecified atom stereocenters. The molecule has 14 heavy (non-hydrogen) atoms. The van der Waals surface area contributed by atoms with Gasteiger partial charge in [0.15, 0.2) is 0 Å². The number of urea groups is 1. The van der Waals surface area contributed by atoms with Crippen LogP contribution in [0, 0.1) is 5.82 Å². The van der Waals surface area contributed by atoms with Gasteiger partial charge in [0, 0.05) is 13.6 Å². The van der Waals surface area contributed by atoms with E-state index < -0.39 is 0 Å². The second-order valence-electron chi connectivity index (χ2n) is 3.23. The van der Waals surface area contributed by atoms with Crippen LogP contribution in [0.25, 0.3) is 0 Å². The quantitative estimate of drug-likeness (QED) is 0.667. The Morgan fingerprint density at radius 1 is 1.57 bits per heavy atom. The number of hydrogen-bond donors (Lipinski definition) is 1. The van der Waals surface area contributed by atoms with Gasteiger partial charge in [-0.05, 0) is 24.1 Å². The van der Waals surface area contributed by atoms with Crippen molar-refractivity contribution in [3.8, 4) is 0 Å². The van der Waals surface area contributed by atoms with E-state index in [0.29, 0.717) is 12.2 Å². The largest absolute Gasteiger partial charge is 0.341 e. The summed E-state index contributed by atoms with van der Waals surface area (Å²) in [5.41, 5.74) is 1.71. The average molecular weight is 194 g/mol. The summed E-state index contributed by atoms with van der Waals surface area (Å²) in [6.07, 6.45) is 0.795. The lowest BCUT2D eigenvalue weighted by Gasteiger charge is -2.16. The summed E-state index contributed by atoms with van der Waals surface area (Å²) >= 11 is 0. The van der Waals surface area contributed by atoms with Gasteiger partial charge in [-0.3, -0.25) is 4.90 Å². The summed E-state index contributed by atoms with van der Waals surface area (Å²) in [6.45, 7) is 0.623. The van der Waals surface area contributed by atoms with Crippen molar-refractivity contribution in [2.24, 2.45) is 0 Å². The third kappa shape index (κ3) is 1.32. The number of amides is 2. The normalized spacial score (nSPS) is 14.0. The molecule has 0 aromatic heterocycles. The lowest BCUT2D eigenvalue weighted by Crippen LogP contribution is -2.36. The maximum atomic E-state index is 12.9. The van der Waals surface area contributed by atoms with E-state index in [1.54, 1.807) is 18.0 Å². The van der Waals surface area contributed by atoms with Crippen molar-refractivity contribution in [1.29, 1.82) is 0 Å². The second-order valence-corrected chi connectivity index (χ2v) is 3.23. The molecule has 0 bridgehead atoms. The SMILES string of the molecule is CNC(=O)N1CCc2ccc(F)cc21. The lowest BCUT2D eigenvalue weighted by atomic mass is 10.2. The molecule has 0 saturated heterocycles.